The molecule has 5 aromatic carbocycles. The van der Waals surface area contributed by atoms with Gasteiger partial charge in [-0.25, -0.2) is 9.97 Å². The maximum Gasteiger partial charge on any atom is 0.244 e. The van der Waals surface area contributed by atoms with Crippen LogP contribution in [0.2, 0.25) is 19.1 Å². The lowest BCUT2D eigenvalue weighted by Crippen LogP contribution is -2.44. The van der Waals surface area contributed by atoms with Crippen LogP contribution in [0.4, 0.5) is 0 Å². The van der Waals surface area contributed by atoms with Crippen molar-refractivity contribution >= 4 is 41.7 Å². The van der Waals surface area contributed by atoms with Crippen molar-refractivity contribution in [2.24, 2.45) is 5.92 Å². The van der Waals surface area contributed by atoms with Gasteiger partial charge < -0.3 is 19.8 Å². The molecule has 2 aliphatic heterocycles. The van der Waals surface area contributed by atoms with Crippen molar-refractivity contribution < 1.29 is 9.59 Å². The Bertz CT molecular complexity index is 2720. The maximum atomic E-state index is 14.7. The normalized spacial score (nSPS) is 18.4. The Morgan fingerprint density at radius 3 is 2.09 bits per heavy atom. The molecule has 9 nitrogen and oxygen atoms in total. The van der Waals surface area contributed by atoms with Gasteiger partial charge in [0.15, 0.2) is 0 Å². The molecule has 2 saturated heterocycles. The number of likely N-dealkylation sites (N-methyl/N-ethyl adjacent to an activating group) is 1. The fourth-order valence-electron chi connectivity index (χ4n) is 10.8. The molecule has 2 N–H and O–H groups in total. The molecule has 0 spiro atoms. The van der Waals surface area contributed by atoms with E-state index in [0.29, 0.717) is 5.92 Å². The van der Waals surface area contributed by atoms with Gasteiger partial charge in [0.05, 0.1) is 49.0 Å². The average molecular weight is 870 g/mol. The molecule has 0 saturated carbocycles. The standard InChI is InChI=1S/C54H63N7O2Si/c1-7-36(8-2)48(39-18-13-11-14-19-39)53(62)60-31-17-22-46(60)51-55-33-45(57-51)38-25-23-37(24-26-38)41-27-29-43-42(32-41)28-30-44-49(43)58-52(56-44)47-34-64(5,6)35-61(47)54(63)50(59(9-3)10-4)40-20-15-12-16-21-40/h11-16,18-21,23-30,32-33,36,46-48,50H,7-10,17,22,31,34-35H2,1-6H3,(H,55,57)(H,56,58)/t46-,47-,48+,50+/m0/s1. The van der Waals surface area contributed by atoms with Crippen LogP contribution >= 0.6 is 0 Å². The number of rotatable bonds is 14. The molecule has 2 amide bonds. The molecular weight excluding hydrogens is 807 g/mol. The smallest absolute Gasteiger partial charge is 0.244 e. The number of nitrogens with one attached hydrogen (secondary N) is 2. The van der Waals surface area contributed by atoms with Crippen molar-refractivity contribution in [3.05, 3.63) is 144 Å². The predicted molar refractivity (Wildman–Crippen MR) is 262 cm³/mol. The Morgan fingerprint density at radius 2 is 1.41 bits per heavy atom. The third-order valence-electron chi connectivity index (χ3n) is 14.3. The minimum atomic E-state index is -1.71. The maximum absolute atomic E-state index is 14.7. The van der Waals surface area contributed by atoms with Crippen LogP contribution in [0.25, 0.3) is 44.2 Å². The van der Waals surface area contributed by atoms with E-state index in [1.54, 1.807) is 0 Å². The fourth-order valence-corrected chi connectivity index (χ4v) is 13.7. The number of imidazole rings is 2. The summed E-state index contributed by atoms with van der Waals surface area (Å²) in [5.74, 6) is 2.27. The average Bonchev–Trinajstić information content (AvgIpc) is 4.16. The number of aromatic amines is 2. The number of carbonyl (C=O) groups is 2. The first-order valence-corrected chi connectivity index (χ1v) is 27.1. The topological polar surface area (TPSA) is 101 Å². The largest absolute Gasteiger partial charge is 0.340 e. The first kappa shape index (κ1) is 43.4. The second-order valence-corrected chi connectivity index (χ2v) is 23.9. The molecule has 10 heteroatoms. The minimum Gasteiger partial charge on any atom is -0.340 e. The molecule has 0 bridgehead atoms. The summed E-state index contributed by atoms with van der Waals surface area (Å²) in [6.07, 6.45) is 6.53. The van der Waals surface area contributed by atoms with Crippen LogP contribution in [0.15, 0.2) is 121 Å². The molecule has 330 valence electrons. The molecule has 64 heavy (non-hydrogen) atoms. The molecule has 2 fully saturated rings. The van der Waals surface area contributed by atoms with Crippen LogP contribution in [0, 0.1) is 5.92 Å². The van der Waals surface area contributed by atoms with E-state index in [1.807, 2.05) is 42.6 Å². The summed E-state index contributed by atoms with van der Waals surface area (Å²) < 4.78 is 0. The summed E-state index contributed by atoms with van der Waals surface area (Å²) in [5, 5.41) is 2.22. The number of benzene rings is 5. The van der Waals surface area contributed by atoms with Gasteiger partial charge in [-0.05, 0) is 83.2 Å². The number of hydrogen-bond acceptors (Lipinski definition) is 5. The number of hydrogen-bond donors (Lipinski definition) is 2. The van der Waals surface area contributed by atoms with Gasteiger partial charge in [-0.1, -0.05) is 157 Å². The Labute approximate surface area is 379 Å². The number of nitrogens with zero attached hydrogens (tertiary/aromatic N) is 5. The third-order valence-corrected chi connectivity index (χ3v) is 16.9. The SMILES string of the molecule is CCC(CC)[C@@H](C(=O)N1CCC[C@H]1c1ncc(-c2ccc(-c3ccc4c(ccc5[nH]c([C@@H]6C[Si](C)(C)CN6C(=O)[C@@H](c6ccccc6)N(CC)CC)nc54)c3)cc2)[nH]1)c1ccccc1. The van der Waals surface area contributed by atoms with E-state index >= 15 is 0 Å². The van der Waals surface area contributed by atoms with Gasteiger partial charge in [-0.2, -0.15) is 0 Å². The fraction of sp³-hybridized carbons (Fsp3) is 0.370. The van der Waals surface area contributed by atoms with Crippen LogP contribution in [0.3, 0.4) is 0 Å². The Morgan fingerprint density at radius 1 is 0.734 bits per heavy atom. The molecule has 2 aliphatic rings. The molecule has 0 radical (unpaired) electrons. The molecular formula is C54H63N7O2Si. The lowest BCUT2D eigenvalue weighted by molar-refractivity contribution is -0.138. The summed E-state index contributed by atoms with van der Waals surface area (Å²) in [5.41, 5.74) is 8.36. The van der Waals surface area contributed by atoms with Crippen molar-refractivity contribution in [2.75, 3.05) is 25.8 Å². The zero-order chi connectivity index (χ0) is 44.5. The van der Waals surface area contributed by atoms with E-state index in [-0.39, 0.29) is 35.9 Å². The van der Waals surface area contributed by atoms with Gasteiger partial charge in [-0.15, -0.1) is 0 Å². The number of likely N-dealkylation sites (tertiary alicyclic amines) is 1. The van der Waals surface area contributed by atoms with E-state index in [9.17, 15) is 9.59 Å². The van der Waals surface area contributed by atoms with Crippen molar-refractivity contribution in [1.82, 2.24) is 34.6 Å². The molecule has 9 rings (SSSR count). The Kier molecular flexibility index (Phi) is 12.4. The van der Waals surface area contributed by atoms with Gasteiger partial charge in [0, 0.05) is 18.1 Å². The van der Waals surface area contributed by atoms with Crippen LogP contribution in [-0.4, -0.2) is 80.3 Å². The van der Waals surface area contributed by atoms with E-state index < -0.39 is 8.07 Å². The van der Waals surface area contributed by atoms with Crippen LogP contribution in [0.5, 0.6) is 0 Å². The van der Waals surface area contributed by atoms with Gasteiger partial charge in [-0.3, -0.25) is 14.5 Å². The quantitative estimate of drug-likeness (QED) is 0.106. The summed E-state index contributed by atoms with van der Waals surface area (Å²) >= 11 is 0. The van der Waals surface area contributed by atoms with Gasteiger partial charge in [0.25, 0.3) is 0 Å². The second kappa shape index (κ2) is 18.3. The lowest BCUT2D eigenvalue weighted by atomic mass is 9.81. The predicted octanol–water partition coefficient (Wildman–Crippen LogP) is 11.9. The number of fused-ring (bicyclic) bond motifs is 3. The highest BCUT2D eigenvalue weighted by Crippen LogP contribution is 2.42. The van der Waals surface area contributed by atoms with Crippen molar-refractivity contribution in [2.45, 2.75) is 96.6 Å². The molecule has 4 heterocycles. The van der Waals surface area contributed by atoms with Crippen LogP contribution in [0.1, 0.15) is 100 Å². The Hall–Kier alpha value is -5.84. The van der Waals surface area contributed by atoms with Crippen molar-refractivity contribution in [3.63, 3.8) is 0 Å². The van der Waals surface area contributed by atoms with E-state index in [4.69, 9.17) is 9.97 Å². The summed E-state index contributed by atoms with van der Waals surface area (Å²) in [6.45, 7) is 15.8. The molecule has 4 atom stereocenters. The summed E-state index contributed by atoms with van der Waals surface area (Å²) in [4.78, 5) is 53.0. The van der Waals surface area contributed by atoms with Crippen LogP contribution in [-0.2, 0) is 9.59 Å². The second-order valence-electron chi connectivity index (χ2n) is 18.8. The summed E-state index contributed by atoms with van der Waals surface area (Å²) in [7, 11) is -1.71. The first-order valence-electron chi connectivity index (χ1n) is 23.6. The van der Waals surface area contributed by atoms with E-state index in [2.05, 4.69) is 144 Å². The molecule has 7 aromatic rings. The zero-order valence-electron chi connectivity index (χ0n) is 38.4. The number of amides is 2. The highest BCUT2D eigenvalue weighted by atomic mass is 28.3. The number of H-pyrrole nitrogens is 2. The molecule has 0 unspecified atom stereocenters. The minimum absolute atomic E-state index is 0.0615. The first-order chi connectivity index (χ1) is 31.1. The van der Waals surface area contributed by atoms with E-state index in [0.717, 1.165) is 124 Å². The zero-order valence-corrected chi connectivity index (χ0v) is 39.4. The van der Waals surface area contributed by atoms with E-state index in [1.165, 1.54) is 0 Å². The number of carbonyl (C=O) groups excluding carboxylic acids is 2. The van der Waals surface area contributed by atoms with Gasteiger partial charge >= 0.3 is 0 Å². The van der Waals surface area contributed by atoms with Gasteiger partial charge in [0.1, 0.15) is 17.7 Å². The van der Waals surface area contributed by atoms with Crippen molar-refractivity contribution in [1.29, 1.82) is 0 Å². The lowest BCUT2D eigenvalue weighted by Gasteiger charge is -2.34. The van der Waals surface area contributed by atoms with Crippen LogP contribution < -0.4 is 0 Å². The monoisotopic (exact) mass is 869 g/mol. The highest BCUT2D eigenvalue weighted by Gasteiger charge is 2.46. The third kappa shape index (κ3) is 8.34. The van der Waals surface area contributed by atoms with Crippen molar-refractivity contribution in [3.8, 4) is 22.4 Å². The molecule has 2 aromatic heterocycles. The molecule has 0 aliphatic carbocycles. The Balaban J connectivity index is 0.939. The highest BCUT2D eigenvalue weighted by molar-refractivity contribution is 6.78. The number of aromatic nitrogens is 4. The van der Waals surface area contributed by atoms with Gasteiger partial charge in [0.2, 0.25) is 11.8 Å². The summed E-state index contributed by atoms with van der Waals surface area (Å²) in [6, 6.07) is 40.7.